The second kappa shape index (κ2) is 11.4. The van der Waals surface area contributed by atoms with Crippen LogP contribution in [0.3, 0.4) is 0 Å². The van der Waals surface area contributed by atoms with Gasteiger partial charge in [0, 0.05) is 5.69 Å². The number of anilines is 1. The molecule has 3 rings (SSSR count). The number of nitrogens with one attached hydrogen (secondary N) is 1. The molecule has 0 spiro atoms. The summed E-state index contributed by atoms with van der Waals surface area (Å²) in [6.07, 6.45) is 1.51. The topological polar surface area (TPSA) is 71.3 Å². The average molecular weight is 593 g/mol. The Kier molecular flexibility index (Phi) is 8.61. The normalized spacial score (nSPS) is 11.0. The van der Waals surface area contributed by atoms with E-state index in [9.17, 15) is 10.1 Å². The minimum atomic E-state index is -0.485. The largest absolute Gasteiger partial charge is 0.493 e. The van der Waals surface area contributed by atoms with E-state index in [0.717, 1.165) is 14.7 Å². The summed E-state index contributed by atoms with van der Waals surface area (Å²) >= 11 is 14.2. The first-order valence-electron chi connectivity index (χ1n) is 9.75. The van der Waals surface area contributed by atoms with Crippen LogP contribution in [-0.2, 0) is 11.4 Å². The van der Waals surface area contributed by atoms with Crippen molar-refractivity contribution in [3.63, 3.8) is 0 Å². The maximum atomic E-state index is 12.6. The molecule has 3 aromatic rings. The smallest absolute Gasteiger partial charge is 0.266 e. The fourth-order valence-electron chi connectivity index (χ4n) is 2.97. The van der Waals surface area contributed by atoms with Crippen LogP contribution in [0, 0.1) is 21.8 Å². The van der Waals surface area contributed by atoms with Gasteiger partial charge < -0.3 is 14.8 Å². The Hall–Kier alpha value is -2.73. The Morgan fingerprint density at radius 2 is 1.91 bits per heavy atom. The zero-order valence-corrected chi connectivity index (χ0v) is 21.5. The number of nitrogens with zero attached hydrogens (tertiary/aromatic N) is 1. The second-order valence-corrected chi connectivity index (χ2v) is 8.99. The zero-order chi connectivity index (χ0) is 24.0. The number of carbonyl (C=O) groups is 1. The highest BCUT2D eigenvalue weighted by molar-refractivity contribution is 14.1. The van der Waals surface area contributed by atoms with E-state index in [1.165, 1.54) is 13.2 Å². The van der Waals surface area contributed by atoms with E-state index in [-0.39, 0.29) is 12.2 Å². The molecule has 1 N–H and O–H groups in total. The molecule has 0 atom stereocenters. The monoisotopic (exact) mass is 592 g/mol. The molecule has 0 heterocycles. The lowest BCUT2D eigenvalue weighted by Crippen LogP contribution is -2.14. The van der Waals surface area contributed by atoms with Crippen LogP contribution in [0.1, 0.15) is 16.7 Å². The molecule has 0 fully saturated rings. The summed E-state index contributed by atoms with van der Waals surface area (Å²) in [5.41, 5.74) is 3.02. The van der Waals surface area contributed by atoms with Gasteiger partial charge >= 0.3 is 0 Å². The Bertz CT molecular complexity index is 1270. The Labute approximate surface area is 216 Å². The van der Waals surface area contributed by atoms with Gasteiger partial charge in [-0.2, -0.15) is 5.26 Å². The van der Waals surface area contributed by atoms with Gasteiger partial charge in [-0.05, 0) is 82.6 Å². The number of carbonyl (C=O) groups excluding carboxylic acids is 1. The number of halogens is 3. The first kappa shape index (κ1) is 24.9. The molecule has 0 saturated heterocycles. The van der Waals surface area contributed by atoms with Gasteiger partial charge in [-0.3, -0.25) is 4.79 Å². The molecule has 168 valence electrons. The predicted octanol–water partition coefficient (Wildman–Crippen LogP) is 7.04. The third kappa shape index (κ3) is 6.41. The van der Waals surface area contributed by atoms with Crippen LogP contribution in [0.2, 0.25) is 10.0 Å². The number of hydrogen-bond donors (Lipinski definition) is 1. The van der Waals surface area contributed by atoms with Crippen LogP contribution in [-0.4, -0.2) is 13.0 Å². The maximum Gasteiger partial charge on any atom is 0.266 e. The molecule has 5 nitrogen and oxygen atoms in total. The standard InChI is InChI=1S/C25H19Cl2IN2O3/c1-15-5-3-4-6-22(15)30-25(31)18(13-29)9-17-11-21(28)24(23(12-17)32-2)33-14-16-7-8-19(26)20(27)10-16/h3-12H,14H2,1-2H3,(H,30,31)/b18-9-. The number of amides is 1. The molecule has 8 heteroatoms. The summed E-state index contributed by atoms with van der Waals surface area (Å²) in [5.74, 6) is 0.537. The molecular formula is C25H19Cl2IN2O3. The SMILES string of the molecule is COc1cc(/C=C(/C#N)C(=O)Nc2ccccc2C)cc(I)c1OCc1ccc(Cl)c(Cl)c1. The van der Waals surface area contributed by atoms with E-state index in [2.05, 4.69) is 27.9 Å². The number of hydrogen-bond acceptors (Lipinski definition) is 4. The quantitative estimate of drug-likeness (QED) is 0.181. The van der Waals surface area contributed by atoms with Gasteiger partial charge in [-0.25, -0.2) is 0 Å². The molecule has 0 aliphatic rings. The number of rotatable bonds is 7. The van der Waals surface area contributed by atoms with Gasteiger partial charge in [0.2, 0.25) is 0 Å². The van der Waals surface area contributed by atoms with Crippen molar-refractivity contribution in [2.75, 3.05) is 12.4 Å². The lowest BCUT2D eigenvalue weighted by atomic mass is 10.1. The first-order chi connectivity index (χ1) is 15.8. The van der Waals surface area contributed by atoms with Crippen molar-refractivity contribution in [2.24, 2.45) is 0 Å². The third-order valence-electron chi connectivity index (χ3n) is 4.69. The van der Waals surface area contributed by atoms with Crippen LogP contribution >= 0.6 is 45.8 Å². The minimum absolute atomic E-state index is 0.0272. The van der Waals surface area contributed by atoms with Crippen molar-refractivity contribution in [3.05, 3.63) is 90.5 Å². The molecular weight excluding hydrogens is 574 g/mol. The Morgan fingerprint density at radius 3 is 2.58 bits per heavy atom. The van der Waals surface area contributed by atoms with Crippen molar-refractivity contribution < 1.29 is 14.3 Å². The van der Waals surface area contributed by atoms with Gasteiger partial charge in [0.05, 0.1) is 20.7 Å². The van der Waals surface area contributed by atoms with E-state index in [1.54, 1.807) is 24.3 Å². The van der Waals surface area contributed by atoms with Crippen LogP contribution < -0.4 is 14.8 Å². The maximum absolute atomic E-state index is 12.6. The lowest BCUT2D eigenvalue weighted by Gasteiger charge is -2.14. The van der Waals surface area contributed by atoms with E-state index in [4.69, 9.17) is 32.7 Å². The summed E-state index contributed by atoms with van der Waals surface area (Å²) in [7, 11) is 1.53. The molecule has 0 aliphatic carbocycles. The summed E-state index contributed by atoms with van der Waals surface area (Å²) in [5, 5.41) is 13.3. The fourth-order valence-corrected chi connectivity index (χ4v) is 4.07. The summed E-state index contributed by atoms with van der Waals surface area (Å²) in [6, 6.07) is 18.2. The van der Waals surface area contributed by atoms with Crippen LogP contribution in [0.25, 0.3) is 6.08 Å². The van der Waals surface area contributed by atoms with E-state index in [1.807, 2.05) is 43.3 Å². The second-order valence-electron chi connectivity index (χ2n) is 7.01. The van der Waals surface area contributed by atoms with Crippen LogP contribution in [0.4, 0.5) is 5.69 Å². The van der Waals surface area contributed by atoms with Gasteiger partial charge in [-0.1, -0.05) is 47.5 Å². The van der Waals surface area contributed by atoms with Gasteiger partial charge in [-0.15, -0.1) is 0 Å². The molecule has 0 bridgehead atoms. The van der Waals surface area contributed by atoms with Crippen molar-refractivity contribution in [2.45, 2.75) is 13.5 Å². The zero-order valence-electron chi connectivity index (χ0n) is 17.8. The highest BCUT2D eigenvalue weighted by atomic mass is 127. The van der Waals surface area contributed by atoms with E-state index in [0.29, 0.717) is 32.8 Å². The molecule has 33 heavy (non-hydrogen) atoms. The van der Waals surface area contributed by atoms with E-state index >= 15 is 0 Å². The average Bonchev–Trinajstić information content (AvgIpc) is 2.80. The fraction of sp³-hybridized carbons (Fsp3) is 0.120. The summed E-state index contributed by atoms with van der Waals surface area (Å²) in [4.78, 5) is 12.6. The molecule has 3 aromatic carbocycles. The molecule has 0 unspecified atom stereocenters. The third-order valence-corrected chi connectivity index (χ3v) is 6.23. The van der Waals surface area contributed by atoms with Crippen molar-refractivity contribution in [1.29, 1.82) is 5.26 Å². The lowest BCUT2D eigenvalue weighted by molar-refractivity contribution is -0.112. The number of nitriles is 1. The van der Waals surface area contributed by atoms with Crippen molar-refractivity contribution in [1.82, 2.24) is 0 Å². The van der Waals surface area contributed by atoms with Gasteiger partial charge in [0.1, 0.15) is 18.2 Å². The highest BCUT2D eigenvalue weighted by Gasteiger charge is 2.15. The number of benzene rings is 3. The molecule has 1 amide bonds. The van der Waals surface area contributed by atoms with Crippen LogP contribution in [0.5, 0.6) is 11.5 Å². The number of ether oxygens (including phenoxy) is 2. The molecule has 0 saturated carbocycles. The van der Waals surface area contributed by atoms with Crippen LogP contribution in [0.15, 0.2) is 60.2 Å². The molecule has 0 aromatic heterocycles. The van der Waals surface area contributed by atoms with Gasteiger partial charge in [0.25, 0.3) is 5.91 Å². The summed E-state index contributed by atoms with van der Waals surface area (Å²) in [6.45, 7) is 2.15. The Morgan fingerprint density at radius 1 is 1.15 bits per heavy atom. The van der Waals surface area contributed by atoms with E-state index < -0.39 is 5.91 Å². The van der Waals surface area contributed by atoms with Crippen molar-refractivity contribution in [3.8, 4) is 17.6 Å². The highest BCUT2D eigenvalue weighted by Crippen LogP contribution is 2.35. The number of para-hydroxylation sites is 1. The predicted molar refractivity (Wildman–Crippen MR) is 140 cm³/mol. The first-order valence-corrected chi connectivity index (χ1v) is 11.6. The number of methoxy groups -OCH3 is 1. The summed E-state index contributed by atoms with van der Waals surface area (Å²) < 4.78 is 12.2. The van der Waals surface area contributed by atoms with Crippen molar-refractivity contribution >= 4 is 63.5 Å². The van der Waals surface area contributed by atoms with Gasteiger partial charge in [0.15, 0.2) is 11.5 Å². The molecule has 0 aliphatic heterocycles. The molecule has 0 radical (unpaired) electrons. The minimum Gasteiger partial charge on any atom is -0.493 e. The number of aryl methyl sites for hydroxylation is 1. The Balaban J connectivity index is 1.83.